The summed E-state index contributed by atoms with van der Waals surface area (Å²) in [5, 5.41) is 0. The van der Waals surface area contributed by atoms with Gasteiger partial charge in [0.05, 0.1) is 12.3 Å². The van der Waals surface area contributed by atoms with Gasteiger partial charge in [-0.05, 0) is 12.1 Å². The van der Waals surface area contributed by atoms with Gasteiger partial charge in [-0.15, -0.1) is 6.58 Å². The summed E-state index contributed by atoms with van der Waals surface area (Å²) in [7, 11) is 1.59. The number of nitrogens with zero attached hydrogens (tertiary/aromatic N) is 1. The fourth-order valence-corrected chi connectivity index (χ4v) is 1.52. The van der Waals surface area contributed by atoms with Gasteiger partial charge in [-0.2, -0.15) is 0 Å². The first-order valence-electron chi connectivity index (χ1n) is 6.04. The summed E-state index contributed by atoms with van der Waals surface area (Å²) in [4.78, 5) is 13.6. The molecule has 0 atom stereocenters. The van der Waals surface area contributed by atoms with Crippen LogP contribution in [0.4, 0.5) is 5.69 Å². The molecule has 1 amide bonds. The zero-order valence-corrected chi connectivity index (χ0v) is 11.2. The first kappa shape index (κ1) is 15.0. The van der Waals surface area contributed by atoms with Crippen molar-refractivity contribution in [1.29, 1.82) is 0 Å². The van der Waals surface area contributed by atoms with E-state index >= 15 is 0 Å². The molecule has 0 fully saturated rings. The van der Waals surface area contributed by atoms with Gasteiger partial charge in [0.1, 0.15) is 5.75 Å². The zero-order valence-electron chi connectivity index (χ0n) is 11.2. The van der Waals surface area contributed by atoms with Gasteiger partial charge in [0.15, 0.2) is 6.61 Å². The van der Waals surface area contributed by atoms with Crippen molar-refractivity contribution in [2.45, 2.75) is 0 Å². The lowest BCUT2D eigenvalue weighted by molar-refractivity contribution is -0.133. The second-order valence-electron chi connectivity index (χ2n) is 3.95. The summed E-state index contributed by atoms with van der Waals surface area (Å²) >= 11 is 0. The fourth-order valence-electron chi connectivity index (χ4n) is 1.52. The van der Waals surface area contributed by atoms with Gasteiger partial charge < -0.3 is 20.1 Å². The molecule has 0 aliphatic carbocycles. The highest BCUT2D eigenvalue weighted by atomic mass is 16.5. The molecule has 0 bridgehead atoms. The van der Waals surface area contributed by atoms with Crippen molar-refractivity contribution in [3.05, 3.63) is 36.9 Å². The molecule has 0 heterocycles. The van der Waals surface area contributed by atoms with E-state index in [1.54, 1.807) is 30.2 Å². The second-order valence-corrected chi connectivity index (χ2v) is 3.95. The van der Waals surface area contributed by atoms with E-state index in [-0.39, 0.29) is 12.5 Å². The number of para-hydroxylation sites is 2. The smallest absolute Gasteiger partial charge is 0.260 e. The van der Waals surface area contributed by atoms with Crippen molar-refractivity contribution in [3.8, 4) is 5.75 Å². The van der Waals surface area contributed by atoms with E-state index in [0.717, 1.165) is 0 Å². The molecule has 0 aliphatic rings. The van der Waals surface area contributed by atoms with Gasteiger partial charge in [-0.25, -0.2) is 0 Å². The Balaban J connectivity index is 2.52. The molecule has 5 nitrogen and oxygen atoms in total. The van der Waals surface area contributed by atoms with Crippen molar-refractivity contribution in [1.82, 2.24) is 4.90 Å². The molecule has 0 spiro atoms. The Morgan fingerprint density at radius 1 is 1.47 bits per heavy atom. The third-order valence-electron chi connectivity index (χ3n) is 2.54. The van der Waals surface area contributed by atoms with E-state index in [2.05, 4.69) is 6.58 Å². The quantitative estimate of drug-likeness (QED) is 0.568. The van der Waals surface area contributed by atoms with E-state index in [4.69, 9.17) is 15.2 Å². The molecular formula is C14H20N2O3. The maximum Gasteiger partial charge on any atom is 0.260 e. The summed E-state index contributed by atoms with van der Waals surface area (Å²) in [5.74, 6) is 0.390. The molecule has 19 heavy (non-hydrogen) atoms. The molecule has 2 N–H and O–H groups in total. The van der Waals surface area contributed by atoms with E-state index in [9.17, 15) is 4.79 Å². The highest BCUT2D eigenvalue weighted by Crippen LogP contribution is 2.19. The predicted octanol–water partition coefficient (Wildman–Crippen LogP) is 1.31. The van der Waals surface area contributed by atoms with Crippen LogP contribution in [0.5, 0.6) is 5.75 Å². The number of methoxy groups -OCH3 is 1. The lowest BCUT2D eigenvalue weighted by atomic mass is 10.3. The van der Waals surface area contributed by atoms with Crippen LogP contribution in [-0.4, -0.2) is 44.2 Å². The van der Waals surface area contributed by atoms with Crippen molar-refractivity contribution in [2.75, 3.05) is 39.1 Å². The lowest BCUT2D eigenvalue weighted by Gasteiger charge is -2.21. The van der Waals surface area contributed by atoms with Crippen molar-refractivity contribution >= 4 is 11.6 Å². The van der Waals surface area contributed by atoms with Crippen LogP contribution in [0.25, 0.3) is 0 Å². The highest BCUT2D eigenvalue weighted by Gasteiger charge is 2.13. The summed E-state index contributed by atoms with van der Waals surface area (Å²) < 4.78 is 10.4. The maximum atomic E-state index is 12.0. The first-order chi connectivity index (χ1) is 9.19. The van der Waals surface area contributed by atoms with Crippen LogP contribution < -0.4 is 10.5 Å². The number of hydrogen-bond donors (Lipinski definition) is 1. The topological polar surface area (TPSA) is 64.8 Å². The summed E-state index contributed by atoms with van der Waals surface area (Å²) in [6.07, 6.45) is 1.67. The van der Waals surface area contributed by atoms with Gasteiger partial charge in [-0.1, -0.05) is 18.2 Å². The van der Waals surface area contributed by atoms with Crippen LogP contribution in [-0.2, 0) is 9.53 Å². The highest BCUT2D eigenvalue weighted by molar-refractivity contribution is 5.78. The Morgan fingerprint density at radius 3 is 2.84 bits per heavy atom. The van der Waals surface area contributed by atoms with Gasteiger partial charge in [0, 0.05) is 20.2 Å². The number of nitrogens with two attached hydrogens (primary N) is 1. The molecule has 0 unspecified atom stereocenters. The fraction of sp³-hybridized carbons (Fsp3) is 0.357. The Kier molecular flexibility index (Phi) is 6.46. The molecular weight excluding hydrogens is 244 g/mol. The zero-order chi connectivity index (χ0) is 14.1. The number of carbonyl (C=O) groups excluding carboxylic acids is 1. The maximum absolute atomic E-state index is 12.0. The lowest BCUT2D eigenvalue weighted by Crippen LogP contribution is -2.37. The van der Waals surface area contributed by atoms with Crippen LogP contribution in [0, 0.1) is 0 Å². The molecule has 0 saturated heterocycles. The largest absolute Gasteiger partial charge is 0.482 e. The van der Waals surface area contributed by atoms with Crippen molar-refractivity contribution in [2.24, 2.45) is 0 Å². The van der Waals surface area contributed by atoms with Gasteiger partial charge in [0.25, 0.3) is 5.91 Å². The average molecular weight is 264 g/mol. The third-order valence-corrected chi connectivity index (χ3v) is 2.54. The second kappa shape index (κ2) is 8.16. The SMILES string of the molecule is C=CCN(CCOC)C(=O)COc1ccccc1N. The molecule has 1 rings (SSSR count). The summed E-state index contributed by atoms with van der Waals surface area (Å²) in [5.41, 5.74) is 6.25. The van der Waals surface area contributed by atoms with Crippen LogP contribution in [0.3, 0.4) is 0 Å². The van der Waals surface area contributed by atoms with Crippen LogP contribution in [0.2, 0.25) is 0 Å². The minimum atomic E-state index is -0.125. The van der Waals surface area contributed by atoms with E-state index in [1.165, 1.54) is 0 Å². The van der Waals surface area contributed by atoms with Gasteiger partial charge in [0.2, 0.25) is 0 Å². The number of benzene rings is 1. The first-order valence-corrected chi connectivity index (χ1v) is 6.04. The Bertz CT molecular complexity index is 421. The molecule has 0 radical (unpaired) electrons. The number of amides is 1. The minimum absolute atomic E-state index is 0.0498. The molecule has 5 heteroatoms. The number of rotatable bonds is 8. The number of ether oxygens (including phenoxy) is 2. The van der Waals surface area contributed by atoms with Crippen LogP contribution >= 0.6 is 0 Å². The van der Waals surface area contributed by atoms with E-state index in [0.29, 0.717) is 31.1 Å². The number of hydrogen-bond acceptors (Lipinski definition) is 4. The minimum Gasteiger partial charge on any atom is -0.482 e. The van der Waals surface area contributed by atoms with Crippen molar-refractivity contribution in [3.63, 3.8) is 0 Å². The molecule has 104 valence electrons. The number of anilines is 1. The Hall–Kier alpha value is -2.01. The standard InChI is InChI=1S/C14H20N2O3/c1-3-8-16(9-10-18-2)14(17)11-19-13-7-5-4-6-12(13)15/h3-7H,1,8-11,15H2,2H3. The normalized spacial score (nSPS) is 9.95. The van der Waals surface area contributed by atoms with E-state index in [1.807, 2.05) is 12.1 Å². The molecule has 0 saturated carbocycles. The summed E-state index contributed by atoms with van der Waals surface area (Å²) in [6.45, 7) is 5.03. The van der Waals surface area contributed by atoms with E-state index < -0.39 is 0 Å². The molecule has 0 aromatic heterocycles. The van der Waals surface area contributed by atoms with Gasteiger partial charge in [-0.3, -0.25) is 4.79 Å². The molecule has 1 aromatic carbocycles. The third kappa shape index (κ3) is 5.01. The van der Waals surface area contributed by atoms with Crippen LogP contribution in [0.15, 0.2) is 36.9 Å². The predicted molar refractivity (Wildman–Crippen MR) is 75.0 cm³/mol. The number of carbonyl (C=O) groups is 1. The Morgan fingerprint density at radius 2 is 2.21 bits per heavy atom. The summed E-state index contributed by atoms with van der Waals surface area (Å²) in [6, 6.07) is 7.08. The average Bonchev–Trinajstić information content (AvgIpc) is 2.42. The molecule has 1 aromatic rings. The molecule has 0 aliphatic heterocycles. The van der Waals surface area contributed by atoms with Crippen LogP contribution in [0.1, 0.15) is 0 Å². The van der Waals surface area contributed by atoms with Gasteiger partial charge >= 0.3 is 0 Å². The Labute approximate surface area is 113 Å². The monoisotopic (exact) mass is 264 g/mol. The number of nitrogen functional groups attached to an aromatic ring is 1. The van der Waals surface area contributed by atoms with Crippen molar-refractivity contribution < 1.29 is 14.3 Å².